The van der Waals surface area contributed by atoms with Crippen molar-refractivity contribution in [2.75, 3.05) is 7.05 Å². The van der Waals surface area contributed by atoms with Gasteiger partial charge in [-0.05, 0) is 24.2 Å². The van der Waals surface area contributed by atoms with Crippen LogP contribution in [0.1, 0.15) is 11.1 Å². The van der Waals surface area contributed by atoms with Gasteiger partial charge in [0, 0.05) is 18.6 Å². The first-order valence-corrected chi connectivity index (χ1v) is 6.43. The molecule has 3 nitrogen and oxygen atoms in total. The molecular weight excluding hydrogens is 256 g/mol. The average Bonchev–Trinajstić information content (AvgIpc) is 2.41. The van der Waals surface area contributed by atoms with Crippen LogP contribution in [-0.4, -0.2) is 29.1 Å². The summed E-state index contributed by atoms with van der Waals surface area (Å²) >= 11 is 0. The van der Waals surface area contributed by atoms with Crippen LogP contribution in [0.15, 0.2) is 48.5 Å². The maximum absolute atomic E-state index is 13.4. The molecule has 0 amide bonds. The van der Waals surface area contributed by atoms with Crippen LogP contribution in [0.25, 0.3) is 0 Å². The lowest BCUT2D eigenvalue weighted by Gasteiger charge is -2.17. The molecule has 2 aromatic carbocycles. The molecule has 0 fully saturated rings. The van der Waals surface area contributed by atoms with Gasteiger partial charge in [-0.2, -0.15) is 0 Å². The Morgan fingerprint density at radius 2 is 1.65 bits per heavy atom. The second-order valence-corrected chi connectivity index (χ2v) is 4.89. The van der Waals surface area contributed by atoms with Crippen LogP contribution in [-0.2, 0) is 13.1 Å². The lowest BCUT2D eigenvalue weighted by Crippen LogP contribution is -2.33. The van der Waals surface area contributed by atoms with Crippen LogP contribution >= 0.6 is 0 Å². The fourth-order valence-corrected chi connectivity index (χ4v) is 2.15. The fourth-order valence-electron chi connectivity index (χ4n) is 2.15. The van der Waals surface area contributed by atoms with Gasteiger partial charge >= 0.3 is 7.12 Å². The summed E-state index contributed by atoms with van der Waals surface area (Å²) in [5.74, 6) is -0.602. The van der Waals surface area contributed by atoms with Crippen molar-refractivity contribution in [3.8, 4) is 0 Å². The smallest absolute Gasteiger partial charge is 0.423 e. The molecule has 0 aromatic heterocycles. The largest absolute Gasteiger partial charge is 0.491 e. The summed E-state index contributed by atoms with van der Waals surface area (Å²) in [6.45, 7) is 1.38. The molecule has 0 spiro atoms. The number of rotatable bonds is 5. The summed E-state index contributed by atoms with van der Waals surface area (Å²) in [4.78, 5) is 2.08. The number of halogens is 1. The Balaban J connectivity index is 2.04. The van der Waals surface area contributed by atoms with Gasteiger partial charge < -0.3 is 10.0 Å². The van der Waals surface area contributed by atoms with Crippen LogP contribution in [0.2, 0.25) is 0 Å². The highest BCUT2D eigenvalue weighted by Gasteiger charge is 2.17. The van der Waals surface area contributed by atoms with Gasteiger partial charge in [0.25, 0.3) is 0 Å². The highest BCUT2D eigenvalue weighted by Crippen LogP contribution is 2.08. The van der Waals surface area contributed by atoms with Crippen molar-refractivity contribution in [2.24, 2.45) is 0 Å². The Hall–Kier alpha value is -1.69. The maximum atomic E-state index is 13.4. The van der Waals surface area contributed by atoms with E-state index in [4.69, 9.17) is 10.0 Å². The van der Waals surface area contributed by atoms with Gasteiger partial charge in [-0.3, -0.25) is 4.90 Å². The molecule has 2 aromatic rings. The van der Waals surface area contributed by atoms with Gasteiger partial charge in [0.2, 0.25) is 0 Å². The van der Waals surface area contributed by atoms with Crippen LogP contribution < -0.4 is 5.46 Å². The Labute approximate surface area is 118 Å². The molecule has 5 heteroatoms. The van der Waals surface area contributed by atoms with Crippen LogP contribution in [0.3, 0.4) is 0 Å². The van der Waals surface area contributed by atoms with Gasteiger partial charge in [-0.15, -0.1) is 0 Å². The van der Waals surface area contributed by atoms with E-state index >= 15 is 0 Å². The number of benzene rings is 2. The molecule has 0 aliphatic heterocycles. The second-order valence-electron chi connectivity index (χ2n) is 4.89. The molecule has 2 N–H and O–H groups in total. The first-order valence-electron chi connectivity index (χ1n) is 6.43. The van der Waals surface area contributed by atoms with E-state index in [2.05, 4.69) is 4.90 Å². The van der Waals surface area contributed by atoms with E-state index in [-0.39, 0.29) is 5.46 Å². The van der Waals surface area contributed by atoms with Crippen molar-refractivity contribution >= 4 is 12.6 Å². The van der Waals surface area contributed by atoms with Crippen molar-refractivity contribution < 1.29 is 14.4 Å². The van der Waals surface area contributed by atoms with Gasteiger partial charge in [0.1, 0.15) is 5.82 Å². The molecule has 104 valence electrons. The minimum absolute atomic E-state index is 0.0874. The molecule has 0 unspecified atom stereocenters. The quantitative estimate of drug-likeness (QED) is 0.803. The Morgan fingerprint density at radius 1 is 1.00 bits per heavy atom. The highest BCUT2D eigenvalue weighted by atomic mass is 19.1. The molecule has 0 aliphatic carbocycles. The van der Waals surface area contributed by atoms with Gasteiger partial charge in [-0.1, -0.05) is 42.5 Å². The van der Waals surface area contributed by atoms with Crippen LogP contribution in [0.5, 0.6) is 0 Å². The Morgan fingerprint density at radius 3 is 2.30 bits per heavy atom. The average molecular weight is 273 g/mol. The molecule has 0 atom stereocenters. The van der Waals surface area contributed by atoms with E-state index in [0.717, 1.165) is 12.1 Å². The zero-order valence-corrected chi connectivity index (χ0v) is 11.3. The lowest BCUT2D eigenvalue weighted by molar-refractivity contribution is 0.319. The van der Waals surface area contributed by atoms with Crippen molar-refractivity contribution in [2.45, 2.75) is 13.1 Å². The van der Waals surface area contributed by atoms with E-state index in [0.29, 0.717) is 6.54 Å². The van der Waals surface area contributed by atoms with E-state index < -0.39 is 12.9 Å². The molecule has 0 bridgehead atoms. The molecule has 0 saturated carbocycles. The third kappa shape index (κ3) is 3.90. The third-order valence-corrected chi connectivity index (χ3v) is 3.09. The first kappa shape index (κ1) is 14.7. The predicted octanol–water partition coefficient (Wildman–Crippen LogP) is 1.14. The van der Waals surface area contributed by atoms with Gasteiger partial charge in [0.15, 0.2) is 0 Å². The van der Waals surface area contributed by atoms with E-state index in [1.807, 2.05) is 37.4 Å². The summed E-state index contributed by atoms with van der Waals surface area (Å²) in [5.41, 5.74) is 1.95. The Kier molecular flexibility index (Phi) is 4.90. The number of nitrogens with zero attached hydrogens (tertiary/aromatic N) is 1. The van der Waals surface area contributed by atoms with Crippen molar-refractivity contribution in [3.05, 3.63) is 65.5 Å². The Bertz CT molecular complexity index is 563. The minimum atomic E-state index is -1.78. The minimum Gasteiger partial charge on any atom is -0.423 e. The predicted molar refractivity (Wildman–Crippen MR) is 77.8 cm³/mol. The molecule has 0 heterocycles. The summed E-state index contributed by atoms with van der Waals surface area (Å²) in [5, 5.41) is 18.2. The SMILES string of the molecule is CN(Cc1ccccc1)Cc1ccc(F)c(B(O)O)c1. The molecule has 2 rings (SSSR count). The topological polar surface area (TPSA) is 43.7 Å². The van der Waals surface area contributed by atoms with Crippen LogP contribution in [0.4, 0.5) is 4.39 Å². The standard InChI is InChI=1S/C15H17BFNO2/c1-18(10-12-5-3-2-4-6-12)11-13-7-8-15(17)14(9-13)16(19)20/h2-9,19-20H,10-11H2,1H3. The second kappa shape index (κ2) is 6.66. The van der Waals surface area contributed by atoms with Crippen LogP contribution in [0, 0.1) is 5.82 Å². The number of hydrogen-bond acceptors (Lipinski definition) is 3. The highest BCUT2D eigenvalue weighted by molar-refractivity contribution is 6.58. The lowest BCUT2D eigenvalue weighted by atomic mass is 9.79. The van der Waals surface area contributed by atoms with E-state index in [1.165, 1.54) is 17.7 Å². The van der Waals surface area contributed by atoms with Gasteiger partial charge in [0.05, 0.1) is 0 Å². The summed E-state index contributed by atoms with van der Waals surface area (Å²) in [7, 11) is 0.181. The summed E-state index contributed by atoms with van der Waals surface area (Å²) < 4.78 is 13.4. The zero-order valence-electron chi connectivity index (χ0n) is 11.3. The molecular formula is C15H17BFNO2. The monoisotopic (exact) mass is 273 g/mol. The summed E-state index contributed by atoms with van der Waals surface area (Å²) in [6.07, 6.45) is 0. The summed E-state index contributed by atoms with van der Waals surface area (Å²) in [6, 6.07) is 14.4. The third-order valence-electron chi connectivity index (χ3n) is 3.09. The maximum Gasteiger partial charge on any atom is 0.491 e. The number of hydrogen-bond donors (Lipinski definition) is 2. The normalized spacial score (nSPS) is 10.8. The first-order chi connectivity index (χ1) is 9.56. The van der Waals surface area contributed by atoms with Gasteiger partial charge in [-0.25, -0.2) is 4.39 Å². The molecule has 20 heavy (non-hydrogen) atoms. The fraction of sp³-hybridized carbons (Fsp3) is 0.200. The van der Waals surface area contributed by atoms with Crippen molar-refractivity contribution in [1.82, 2.24) is 4.90 Å². The molecule has 0 radical (unpaired) electrons. The van der Waals surface area contributed by atoms with E-state index in [9.17, 15) is 4.39 Å². The molecule has 0 aliphatic rings. The molecule has 0 saturated heterocycles. The van der Waals surface area contributed by atoms with Crippen molar-refractivity contribution in [1.29, 1.82) is 0 Å². The zero-order chi connectivity index (χ0) is 14.5. The van der Waals surface area contributed by atoms with Crippen molar-refractivity contribution in [3.63, 3.8) is 0 Å². The van der Waals surface area contributed by atoms with E-state index in [1.54, 1.807) is 6.07 Å².